The van der Waals surface area contributed by atoms with E-state index in [-0.39, 0.29) is 0 Å². The summed E-state index contributed by atoms with van der Waals surface area (Å²) in [5, 5.41) is 0. The average Bonchev–Trinajstić information content (AvgIpc) is 2.55. The van der Waals surface area contributed by atoms with Gasteiger partial charge in [0, 0.05) is 31.4 Å². The van der Waals surface area contributed by atoms with Crippen LogP contribution in [-0.2, 0) is 0 Å². The molecule has 0 radical (unpaired) electrons. The van der Waals surface area contributed by atoms with E-state index in [1.165, 1.54) is 70.4 Å². The number of nitrogens with zero attached hydrogens (tertiary/aromatic N) is 2. The number of hydrogen-bond acceptors (Lipinski definition) is 2. The minimum atomic E-state index is 0.683. The molecule has 1 heterocycles. The van der Waals surface area contributed by atoms with Gasteiger partial charge in [0.1, 0.15) is 0 Å². The largest absolute Gasteiger partial charge is 0.369 e. The predicted octanol–water partition coefficient (Wildman–Crippen LogP) is 4.17. The quantitative estimate of drug-likeness (QED) is 0.820. The summed E-state index contributed by atoms with van der Waals surface area (Å²) in [4.78, 5) is 5.26. The third-order valence-corrected chi connectivity index (χ3v) is 5.44. The van der Waals surface area contributed by atoms with Gasteiger partial charge in [-0.15, -0.1) is 0 Å². The molecule has 2 aliphatic rings. The second-order valence-corrected chi connectivity index (χ2v) is 6.96. The number of rotatable bonds is 4. The predicted molar refractivity (Wildman–Crippen MR) is 90.9 cm³/mol. The van der Waals surface area contributed by atoms with Crippen LogP contribution in [0.4, 0.5) is 5.69 Å². The van der Waals surface area contributed by atoms with E-state index >= 15 is 0 Å². The molecule has 1 saturated heterocycles. The third kappa shape index (κ3) is 4.00. The highest BCUT2D eigenvalue weighted by Crippen LogP contribution is 2.27. The van der Waals surface area contributed by atoms with Gasteiger partial charge in [-0.1, -0.05) is 50.3 Å². The van der Waals surface area contributed by atoms with Gasteiger partial charge in [0.15, 0.2) is 0 Å². The first-order chi connectivity index (χ1) is 10.3. The molecule has 1 aromatic carbocycles. The Morgan fingerprint density at radius 2 is 1.76 bits per heavy atom. The van der Waals surface area contributed by atoms with Crippen molar-refractivity contribution in [2.24, 2.45) is 5.92 Å². The molecule has 0 amide bonds. The first kappa shape index (κ1) is 14.9. The maximum Gasteiger partial charge on any atom is 0.0367 e. The SMILES string of the molecule is CC1CN(c2ccccc2)CCN1CCC1CCCCC1. The van der Waals surface area contributed by atoms with Gasteiger partial charge in [0.25, 0.3) is 0 Å². The summed E-state index contributed by atoms with van der Waals surface area (Å²) in [6, 6.07) is 11.6. The second-order valence-electron chi connectivity index (χ2n) is 6.96. The molecule has 21 heavy (non-hydrogen) atoms. The minimum Gasteiger partial charge on any atom is -0.369 e. The summed E-state index contributed by atoms with van der Waals surface area (Å²) in [6.45, 7) is 7.29. The Morgan fingerprint density at radius 1 is 1.00 bits per heavy atom. The van der Waals surface area contributed by atoms with Gasteiger partial charge in [0.05, 0.1) is 0 Å². The van der Waals surface area contributed by atoms with Crippen LogP contribution in [0, 0.1) is 5.92 Å². The first-order valence-electron chi connectivity index (χ1n) is 8.87. The Balaban J connectivity index is 1.47. The van der Waals surface area contributed by atoms with Crippen molar-refractivity contribution < 1.29 is 0 Å². The fourth-order valence-electron chi connectivity index (χ4n) is 4.02. The zero-order valence-electron chi connectivity index (χ0n) is 13.5. The van der Waals surface area contributed by atoms with Crippen molar-refractivity contribution in [1.29, 1.82) is 0 Å². The lowest BCUT2D eigenvalue weighted by Crippen LogP contribution is -2.52. The molecule has 0 bridgehead atoms. The van der Waals surface area contributed by atoms with Crippen molar-refractivity contribution in [1.82, 2.24) is 4.90 Å². The maximum absolute atomic E-state index is 2.72. The molecule has 0 spiro atoms. The van der Waals surface area contributed by atoms with Gasteiger partial charge in [0.2, 0.25) is 0 Å². The van der Waals surface area contributed by atoms with Crippen LogP contribution in [0.15, 0.2) is 30.3 Å². The molecule has 116 valence electrons. The molecule has 1 aliphatic carbocycles. The van der Waals surface area contributed by atoms with E-state index in [9.17, 15) is 0 Å². The zero-order chi connectivity index (χ0) is 14.5. The molecule has 2 nitrogen and oxygen atoms in total. The molecular weight excluding hydrogens is 256 g/mol. The van der Waals surface area contributed by atoms with Gasteiger partial charge in [-0.3, -0.25) is 4.90 Å². The number of piperazine rings is 1. The molecule has 3 rings (SSSR count). The number of para-hydroxylation sites is 1. The fraction of sp³-hybridized carbons (Fsp3) is 0.684. The van der Waals surface area contributed by atoms with E-state index in [0.717, 1.165) is 5.92 Å². The van der Waals surface area contributed by atoms with Crippen LogP contribution in [0.2, 0.25) is 0 Å². The minimum absolute atomic E-state index is 0.683. The monoisotopic (exact) mass is 286 g/mol. The van der Waals surface area contributed by atoms with Crippen molar-refractivity contribution in [2.75, 3.05) is 31.1 Å². The van der Waals surface area contributed by atoms with Gasteiger partial charge in [-0.05, 0) is 37.9 Å². The molecule has 2 heteroatoms. The standard InChI is InChI=1S/C19H30N2/c1-17-16-21(19-10-6-3-7-11-19)15-14-20(17)13-12-18-8-4-2-5-9-18/h3,6-7,10-11,17-18H,2,4-5,8-9,12-16H2,1H3. The Morgan fingerprint density at radius 3 is 2.48 bits per heavy atom. The van der Waals surface area contributed by atoms with E-state index in [4.69, 9.17) is 0 Å². The summed E-state index contributed by atoms with van der Waals surface area (Å²) < 4.78 is 0. The van der Waals surface area contributed by atoms with E-state index in [0.29, 0.717) is 6.04 Å². The molecule has 1 atom stereocenters. The molecule has 1 unspecified atom stereocenters. The highest BCUT2D eigenvalue weighted by molar-refractivity contribution is 5.46. The van der Waals surface area contributed by atoms with E-state index in [1.54, 1.807) is 0 Å². The lowest BCUT2D eigenvalue weighted by Gasteiger charge is -2.41. The topological polar surface area (TPSA) is 6.48 Å². The molecule has 0 N–H and O–H groups in total. The van der Waals surface area contributed by atoms with Crippen LogP contribution >= 0.6 is 0 Å². The van der Waals surface area contributed by atoms with Crippen molar-refractivity contribution in [3.8, 4) is 0 Å². The van der Waals surface area contributed by atoms with Gasteiger partial charge in [-0.2, -0.15) is 0 Å². The molecule has 1 aromatic rings. The summed E-state index contributed by atoms with van der Waals surface area (Å²) in [6.07, 6.45) is 8.82. The van der Waals surface area contributed by atoms with Crippen LogP contribution in [0.5, 0.6) is 0 Å². The lowest BCUT2D eigenvalue weighted by molar-refractivity contribution is 0.168. The number of anilines is 1. The van der Waals surface area contributed by atoms with Gasteiger partial charge in [-0.25, -0.2) is 0 Å². The third-order valence-electron chi connectivity index (χ3n) is 5.44. The number of benzene rings is 1. The van der Waals surface area contributed by atoms with E-state index < -0.39 is 0 Å². The number of hydrogen-bond donors (Lipinski definition) is 0. The van der Waals surface area contributed by atoms with Crippen LogP contribution in [0.25, 0.3) is 0 Å². The van der Waals surface area contributed by atoms with Crippen LogP contribution < -0.4 is 4.90 Å². The Bertz CT molecular complexity index is 411. The molecular formula is C19H30N2. The normalized spacial score (nSPS) is 25.2. The van der Waals surface area contributed by atoms with Crippen molar-refractivity contribution in [3.05, 3.63) is 30.3 Å². The Labute approximate surface area is 130 Å². The van der Waals surface area contributed by atoms with Crippen molar-refractivity contribution in [3.63, 3.8) is 0 Å². The smallest absolute Gasteiger partial charge is 0.0367 e. The lowest BCUT2D eigenvalue weighted by atomic mass is 9.87. The second kappa shape index (κ2) is 7.31. The van der Waals surface area contributed by atoms with Gasteiger partial charge >= 0.3 is 0 Å². The van der Waals surface area contributed by atoms with Crippen molar-refractivity contribution in [2.45, 2.75) is 51.5 Å². The Hall–Kier alpha value is -1.02. The molecule has 1 aliphatic heterocycles. The van der Waals surface area contributed by atoms with Crippen LogP contribution in [0.1, 0.15) is 45.4 Å². The van der Waals surface area contributed by atoms with Gasteiger partial charge < -0.3 is 4.90 Å². The maximum atomic E-state index is 2.72. The summed E-state index contributed by atoms with van der Waals surface area (Å²) in [5.74, 6) is 1.01. The highest BCUT2D eigenvalue weighted by atomic mass is 15.3. The summed E-state index contributed by atoms with van der Waals surface area (Å²) in [5.41, 5.74) is 1.39. The summed E-state index contributed by atoms with van der Waals surface area (Å²) >= 11 is 0. The summed E-state index contributed by atoms with van der Waals surface area (Å²) in [7, 11) is 0. The van der Waals surface area contributed by atoms with Crippen LogP contribution in [-0.4, -0.2) is 37.1 Å². The van der Waals surface area contributed by atoms with E-state index in [1.807, 2.05) is 0 Å². The molecule has 0 aromatic heterocycles. The Kier molecular flexibility index (Phi) is 5.18. The molecule has 2 fully saturated rings. The highest BCUT2D eigenvalue weighted by Gasteiger charge is 2.24. The van der Waals surface area contributed by atoms with Crippen molar-refractivity contribution >= 4 is 5.69 Å². The zero-order valence-corrected chi connectivity index (χ0v) is 13.5. The fourth-order valence-corrected chi connectivity index (χ4v) is 4.02. The van der Waals surface area contributed by atoms with E-state index in [2.05, 4.69) is 47.1 Å². The average molecular weight is 286 g/mol. The molecule has 1 saturated carbocycles. The van der Waals surface area contributed by atoms with Crippen LogP contribution in [0.3, 0.4) is 0 Å². The first-order valence-corrected chi connectivity index (χ1v) is 8.87.